The van der Waals surface area contributed by atoms with Crippen LogP contribution in [0.25, 0.3) is 0 Å². The Morgan fingerprint density at radius 2 is 2.05 bits per heavy atom. The summed E-state index contributed by atoms with van der Waals surface area (Å²) in [6.45, 7) is 4.84. The molecule has 0 spiro atoms. The van der Waals surface area contributed by atoms with Gasteiger partial charge in [0.2, 0.25) is 0 Å². The van der Waals surface area contributed by atoms with Gasteiger partial charge in [-0.25, -0.2) is 0 Å². The number of hydrogen-bond donors (Lipinski definition) is 1. The minimum absolute atomic E-state index is 0.634. The molecule has 0 aliphatic heterocycles. The van der Waals surface area contributed by atoms with Gasteiger partial charge in [0.05, 0.1) is 0 Å². The number of halogens is 1. The fourth-order valence-corrected chi connectivity index (χ4v) is 2.97. The van der Waals surface area contributed by atoms with Crippen molar-refractivity contribution < 1.29 is 4.74 Å². The first-order valence-corrected chi connectivity index (χ1v) is 8.05. The molecule has 0 radical (unpaired) electrons. The zero-order valence-electron chi connectivity index (χ0n) is 11.0. The van der Waals surface area contributed by atoms with Gasteiger partial charge in [-0.05, 0) is 43.3 Å². The zero-order valence-corrected chi connectivity index (χ0v) is 13.4. The lowest BCUT2D eigenvalue weighted by Gasteiger charge is -2.04. The second-order valence-electron chi connectivity index (χ2n) is 4.29. The van der Waals surface area contributed by atoms with Crippen molar-refractivity contribution in [3.63, 3.8) is 0 Å². The van der Waals surface area contributed by atoms with Crippen LogP contribution in [0.3, 0.4) is 0 Å². The molecule has 0 bridgehead atoms. The maximum atomic E-state index is 5.77. The van der Waals surface area contributed by atoms with Crippen LogP contribution in [-0.2, 0) is 13.2 Å². The Morgan fingerprint density at radius 1 is 1.21 bits per heavy atom. The number of benzene rings is 1. The molecule has 0 aliphatic carbocycles. The van der Waals surface area contributed by atoms with E-state index in [0.29, 0.717) is 6.61 Å². The van der Waals surface area contributed by atoms with E-state index in [4.69, 9.17) is 4.74 Å². The molecule has 102 valence electrons. The highest BCUT2D eigenvalue weighted by Crippen LogP contribution is 2.21. The van der Waals surface area contributed by atoms with Gasteiger partial charge < -0.3 is 10.1 Å². The van der Waals surface area contributed by atoms with E-state index < -0.39 is 0 Å². The van der Waals surface area contributed by atoms with Crippen molar-refractivity contribution in [1.82, 2.24) is 5.32 Å². The molecule has 0 amide bonds. The van der Waals surface area contributed by atoms with Crippen LogP contribution in [-0.4, -0.2) is 6.54 Å². The van der Waals surface area contributed by atoms with Crippen molar-refractivity contribution in [3.05, 3.63) is 50.6 Å². The van der Waals surface area contributed by atoms with Gasteiger partial charge in [-0.1, -0.05) is 28.9 Å². The molecule has 1 aromatic heterocycles. The van der Waals surface area contributed by atoms with Gasteiger partial charge in [0.1, 0.15) is 12.4 Å². The largest absolute Gasteiger partial charge is 0.488 e. The molecular weight excluding hydrogens is 322 g/mol. The van der Waals surface area contributed by atoms with Crippen molar-refractivity contribution in [2.24, 2.45) is 0 Å². The van der Waals surface area contributed by atoms with Crippen LogP contribution in [0.4, 0.5) is 0 Å². The lowest BCUT2D eigenvalue weighted by molar-refractivity contribution is 0.309. The first-order chi connectivity index (χ1) is 9.28. The number of ether oxygens (including phenoxy) is 1. The molecular formula is C15H18BrNOS. The molecule has 2 nitrogen and oxygen atoms in total. The fourth-order valence-electron chi connectivity index (χ4n) is 1.69. The summed E-state index contributed by atoms with van der Waals surface area (Å²) in [7, 11) is 0. The molecule has 1 aromatic carbocycles. The van der Waals surface area contributed by atoms with E-state index >= 15 is 0 Å². The number of hydrogen-bond acceptors (Lipinski definition) is 3. The molecule has 4 heteroatoms. The van der Waals surface area contributed by atoms with Crippen LogP contribution in [0, 0.1) is 0 Å². The van der Waals surface area contributed by atoms with Crippen LogP contribution in [0.5, 0.6) is 5.75 Å². The second-order valence-corrected chi connectivity index (χ2v) is 6.46. The summed E-state index contributed by atoms with van der Waals surface area (Å²) in [5.41, 5.74) is 0. The molecule has 19 heavy (non-hydrogen) atoms. The highest BCUT2D eigenvalue weighted by Gasteiger charge is 2.01. The van der Waals surface area contributed by atoms with E-state index in [0.717, 1.165) is 23.3 Å². The van der Waals surface area contributed by atoms with E-state index in [2.05, 4.69) is 40.3 Å². The summed E-state index contributed by atoms with van der Waals surface area (Å²) in [4.78, 5) is 2.62. The Balaban J connectivity index is 1.83. The number of rotatable bonds is 7. The van der Waals surface area contributed by atoms with Gasteiger partial charge in [0.15, 0.2) is 0 Å². The van der Waals surface area contributed by atoms with Crippen molar-refractivity contribution in [3.8, 4) is 5.75 Å². The smallest absolute Gasteiger partial charge is 0.122 e. The Hall–Kier alpha value is -0.840. The Labute approximate surface area is 126 Å². The Bertz CT molecular complexity index is 512. The normalized spacial score (nSPS) is 10.6. The summed E-state index contributed by atoms with van der Waals surface area (Å²) in [5.74, 6) is 0.897. The predicted octanol–water partition coefficient (Wildman–Crippen LogP) is 4.59. The lowest BCUT2D eigenvalue weighted by Crippen LogP contribution is -2.12. The van der Waals surface area contributed by atoms with Crippen LogP contribution in [0.2, 0.25) is 0 Å². The molecule has 0 unspecified atom stereocenters. The zero-order chi connectivity index (χ0) is 13.5. The standard InChI is InChI=1S/C15H18BrNOS/c1-2-8-17-10-14-6-7-15(19-14)11-18-13-5-3-4-12(16)9-13/h3-7,9,17H,2,8,10-11H2,1H3. The second kappa shape index (κ2) is 7.68. The summed E-state index contributed by atoms with van der Waals surface area (Å²) in [5, 5.41) is 3.41. The minimum atomic E-state index is 0.634. The van der Waals surface area contributed by atoms with Crippen LogP contribution in [0.1, 0.15) is 23.1 Å². The minimum Gasteiger partial charge on any atom is -0.488 e. The maximum Gasteiger partial charge on any atom is 0.122 e. The molecule has 2 rings (SSSR count). The quantitative estimate of drug-likeness (QED) is 0.745. The number of thiophene rings is 1. The van der Waals surface area contributed by atoms with E-state index in [9.17, 15) is 0 Å². The Morgan fingerprint density at radius 3 is 2.84 bits per heavy atom. The van der Waals surface area contributed by atoms with Crippen LogP contribution in [0.15, 0.2) is 40.9 Å². The third-order valence-corrected chi connectivity index (χ3v) is 4.17. The van der Waals surface area contributed by atoms with Gasteiger partial charge in [-0.15, -0.1) is 11.3 Å². The van der Waals surface area contributed by atoms with E-state index in [-0.39, 0.29) is 0 Å². The van der Waals surface area contributed by atoms with Gasteiger partial charge in [0.25, 0.3) is 0 Å². The molecule has 0 fully saturated rings. The first kappa shape index (κ1) is 14.6. The molecule has 0 aliphatic rings. The molecule has 1 heterocycles. The highest BCUT2D eigenvalue weighted by atomic mass is 79.9. The molecule has 2 aromatic rings. The summed E-state index contributed by atoms with van der Waals surface area (Å²) >= 11 is 5.25. The molecule has 0 saturated heterocycles. The molecule has 0 atom stereocenters. The van der Waals surface area contributed by atoms with Crippen molar-refractivity contribution >= 4 is 27.3 Å². The summed E-state index contributed by atoms with van der Waals surface area (Å²) < 4.78 is 6.81. The highest BCUT2D eigenvalue weighted by molar-refractivity contribution is 9.10. The number of nitrogens with one attached hydrogen (secondary N) is 1. The molecule has 0 saturated carbocycles. The predicted molar refractivity (Wildman–Crippen MR) is 84.8 cm³/mol. The van der Waals surface area contributed by atoms with Crippen LogP contribution >= 0.6 is 27.3 Å². The topological polar surface area (TPSA) is 21.3 Å². The first-order valence-electron chi connectivity index (χ1n) is 6.44. The van der Waals surface area contributed by atoms with Crippen molar-refractivity contribution in [1.29, 1.82) is 0 Å². The fraction of sp³-hybridized carbons (Fsp3) is 0.333. The summed E-state index contributed by atoms with van der Waals surface area (Å²) in [6.07, 6.45) is 1.17. The monoisotopic (exact) mass is 339 g/mol. The van der Waals surface area contributed by atoms with Gasteiger partial charge in [-0.3, -0.25) is 0 Å². The third-order valence-electron chi connectivity index (χ3n) is 2.62. The average Bonchev–Trinajstić information content (AvgIpc) is 2.85. The van der Waals surface area contributed by atoms with E-state index in [1.54, 1.807) is 0 Å². The van der Waals surface area contributed by atoms with E-state index in [1.165, 1.54) is 16.2 Å². The van der Waals surface area contributed by atoms with Gasteiger partial charge in [-0.2, -0.15) is 0 Å². The SMILES string of the molecule is CCCNCc1ccc(COc2cccc(Br)c2)s1. The summed E-state index contributed by atoms with van der Waals surface area (Å²) in [6, 6.07) is 12.3. The average molecular weight is 340 g/mol. The Kier molecular flexibility index (Phi) is 5.89. The lowest BCUT2D eigenvalue weighted by atomic mass is 10.3. The van der Waals surface area contributed by atoms with Gasteiger partial charge in [0, 0.05) is 20.8 Å². The van der Waals surface area contributed by atoms with Crippen molar-refractivity contribution in [2.75, 3.05) is 6.54 Å². The van der Waals surface area contributed by atoms with E-state index in [1.807, 2.05) is 35.6 Å². The van der Waals surface area contributed by atoms with Crippen LogP contribution < -0.4 is 10.1 Å². The van der Waals surface area contributed by atoms with Crippen molar-refractivity contribution in [2.45, 2.75) is 26.5 Å². The maximum absolute atomic E-state index is 5.77. The van der Waals surface area contributed by atoms with Gasteiger partial charge >= 0.3 is 0 Å². The molecule has 1 N–H and O–H groups in total. The third kappa shape index (κ3) is 4.97.